The Kier molecular flexibility index (Phi) is 5.47. The fourth-order valence-corrected chi connectivity index (χ4v) is 1.58. The molecule has 1 aromatic rings. The molecule has 0 aliphatic carbocycles. The standard InChI is InChI=1S/C13H18N3O3/c1-8(18)12(7-17)16-13(19)11(15)6-9-3-2-4-10(14)5-9/h2-5,8,11-12,18H,6,14-15H2,1H3,(H,16,19)/t8-,11+,12-/m1/s1. The van der Waals surface area contributed by atoms with Crippen LogP contribution in [0.15, 0.2) is 24.3 Å². The SMILES string of the molecule is C[C@@H](O)[C@@H]([C]=O)NC(=O)[C@@H](N)Cc1cccc(N)c1. The Bertz CT molecular complexity index is 449. The maximum Gasteiger partial charge on any atom is 0.237 e. The molecule has 1 radical (unpaired) electrons. The molecule has 0 aliphatic rings. The predicted octanol–water partition coefficient (Wildman–Crippen LogP) is -0.886. The number of carbonyl (C=O) groups is 1. The van der Waals surface area contributed by atoms with Crippen LogP contribution >= 0.6 is 0 Å². The third-order valence-corrected chi connectivity index (χ3v) is 2.65. The number of benzene rings is 1. The molecule has 1 amide bonds. The zero-order valence-electron chi connectivity index (χ0n) is 10.7. The number of nitrogens with one attached hydrogen (secondary N) is 1. The summed E-state index contributed by atoms with van der Waals surface area (Å²) in [6.45, 7) is 1.39. The summed E-state index contributed by atoms with van der Waals surface area (Å²) in [6.07, 6.45) is 0.834. The molecule has 0 saturated heterocycles. The Morgan fingerprint density at radius 3 is 2.74 bits per heavy atom. The van der Waals surface area contributed by atoms with Crippen molar-refractivity contribution in [1.82, 2.24) is 5.32 Å². The van der Waals surface area contributed by atoms with Crippen LogP contribution in [0, 0.1) is 0 Å². The van der Waals surface area contributed by atoms with Crippen molar-refractivity contribution in [2.75, 3.05) is 5.73 Å². The fraction of sp³-hybridized carbons (Fsp3) is 0.385. The zero-order chi connectivity index (χ0) is 14.4. The summed E-state index contributed by atoms with van der Waals surface area (Å²) in [5, 5.41) is 11.6. The minimum absolute atomic E-state index is 0.294. The van der Waals surface area contributed by atoms with Crippen LogP contribution in [-0.2, 0) is 16.0 Å². The van der Waals surface area contributed by atoms with Crippen LogP contribution in [0.1, 0.15) is 12.5 Å². The summed E-state index contributed by atoms with van der Waals surface area (Å²) < 4.78 is 0. The summed E-state index contributed by atoms with van der Waals surface area (Å²) in [5.41, 5.74) is 12.8. The molecule has 103 valence electrons. The van der Waals surface area contributed by atoms with Gasteiger partial charge in [-0.15, -0.1) is 0 Å². The van der Waals surface area contributed by atoms with Gasteiger partial charge in [0.1, 0.15) is 6.04 Å². The third kappa shape index (κ3) is 4.69. The first-order valence-corrected chi connectivity index (χ1v) is 5.90. The highest BCUT2D eigenvalue weighted by Gasteiger charge is 2.21. The van der Waals surface area contributed by atoms with Crippen molar-refractivity contribution in [2.45, 2.75) is 31.5 Å². The van der Waals surface area contributed by atoms with Crippen molar-refractivity contribution >= 4 is 17.9 Å². The highest BCUT2D eigenvalue weighted by Crippen LogP contribution is 2.08. The Balaban J connectivity index is 2.60. The van der Waals surface area contributed by atoms with E-state index in [1.807, 2.05) is 6.07 Å². The van der Waals surface area contributed by atoms with Gasteiger partial charge in [-0.2, -0.15) is 0 Å². The maximum atomic E-state index is 11.7. The van der Waals surface area contributed by atoms with Crippen LogP contribution in [0.3, 0.4) is 0 Å². The van der Waals surface area contributed by atoms with E-state index in [0.717, 1.165) is 5.56 Å². The lowest BCUT2D eigenvalue weighted by Gasteiger charge is -2.18. The van der Waals surface area contributed by atoms with Gasteiger partial charge in [-0.25, -0.2) is 0 Å². The molecule has 0 fully saturated rings. The Hall–Kier alpha value is -1.92. The zero-order valence-corrected chi connectivity index (χ0v) is 10.7. The molecule has 6 nitrogen and oxygen atoms in total. The molecule has 0 aromatic heterocycles. The van der Waals surface area contributed by atoms with Crippen molar-refractivity contribution in [1.29, 1.82) is 0 Å². The molecule has 0 saturated carbocycles. The predicted molar refractivity (Wildman–Crippen MR) is 71.8 cm³/mol. The van der Waals surface area contributed by atoms with Gasteiger partial charge in [0, 0.05) is 5.69 Å². The summed E-state index contributed by atoms with van der Waals surface area (Å²) in [4.78, 5) is 22.3. The first-order valence-electron chi connectivity index (χ1n) is 5.90. The molecule has 1 rings (SSSR count). The first kappa shape index (κ1) is 15.1. The van der Waals surface area contributed by atoms with Gasteiger partial charge in [-0.05, 0) is 31.0 Å². The van der Waals surface area contributed by atoms with Gasteiger partial charge >= 0.3 is 0 Å². The van der Waals surface area contributed by atoms with Gasteiger partial charge < -0.3 is 21.9 Å². The van der Waals surface area contributed by atoms with Crippen LogP contribution in [0.4, 0.5) is 5.69 Å². The lowest BCUT2D eigenvalue weighted by molar-refractivity contribution is -0.123. The van der Waals surface area contributed by atoms with Crippen LogP contribution in [0.5, 0.6) is 0 Å². The number of hydrogen-bond acceptors (Lipinski definition) is 5. The summed E-state index contributed by atoms with van der Waals surface area (Å²) in [5.74, 6) is -0.517. The number of carbonyl (C=O) groups excluding carboxylic acids is 2. The van der Waals surface area contributed by atoms with Crippen LogP contribution in [0.25, 0.3) is 0 Å². The Morgan fingerprint density at radius 2 is 2.21 bits per heavy atom. The number of rotatable bonds is 6. The fourth-order valence-electron chi connectivity index (χ4n) is 1.58. The number of amides is 1. The van der Waals surface area contributed by atoms with E-state index in [9.17, 15) is 14.7 Å². The van der Waals surface area contributed by atoms with Crippen LogP contribution in [0.2, 0.25) is 0 Å². The largest absolute Gasteiger partial charge is 0.399 e. The number of hydrogen-bond donors (Lipinski definition) is 4. The Labute approximate surface area is 111 Å². The lowest BCUT2D eigenvalue weighted by Crippen LogP contribution is -2.50. The molecule has 0 bridgehead atoms. The monoisotopic (exact) mass is 264 g/mol. The maximum absolute atomic E-state index is 11.7. The van der Waals surface area contributed by atoms with Gasteiger partial charge in [0.15, 0.2) is 0 Å². The second-order valence-corrected chi connectivity index (χ2v) is 4.40. The lowest BCUT2D eigenvalue weighted by atomic mass is 10.0. The number of aliphatic hydroxyl groups is 1. The number of nitrogen functional groups attached to an aromatic ring is 1. The molecule has 0 aliphatic heterocycles. The highest BCUT2D eigenvalue weighted by molar-refractivity contribution is 5.84. The molecular formula is C13H18N3O3. The van der Waals surface area contributed by atoms with Gasteiger partial charge in [-0.1, -0.05) is 12.1 Å². The summed E-state index contributed by atoms with van der Waals surface area (Å²) in [6, 6.07) is 5.15. The first-order chi connectivity index (χ1) is 8.93. The quantitative estimate of drug-likeness (QED) is 0.497. The number of anilines is 1. The molecule has 6 N–H and O–H groups in total. The van der Waals surface area contributed by atoms with Crippen molar-refractivity contribution in [3.05, 3.63) is 29.8 Å². The number of nitrogens with two attached hydrogens (primary N) is 2. The van der Waals surface area contributed by atoms with Gasteiger partial charge in [0.05, 0.1) is 12.1 Å². The van der Waals surface area contributed by atoms with E-state index in [-0.39, 0.29) is 0 Å². The second kappa shape index (κ2) is 6.86. The molecular weight excluding hydrogens is 246 g/mol. The minimum atomic E-state index is -1.07. The molecule has 3 atom stereocenters. The van der Waals surface area contributed by atoms with Crippen molar-refractivity contribution in [3.63, 3.8) is 0 Å². The van der Waals surface area contributed by atoms with E-state index in [2.05, 4.69) is 5.32 Å². The van der Waals surface area contributed by atoms with E-state index in [1.54, 1.807) is 24.5 Å². The van der Waals surface area contributed by atoms with Crippen molar-refractivity contribution in [2.24, 2.45) is 5.73 Å². The van der Waals surface area contributed by atoms with E-state index in [1.165, 1.54) is 6.92 Å². The van der Waals surface area contributed by atoms with Gasteiger partial charge in [0.2, 0.25) is 12.2 Å². The van der Waals surface area contributed by atoms with Gasteiger partial charge in [0.25, 0.3) is 0 Å². The van der Waals surface area contributed by atoms with Crippen molar-refractivity contribution < 1.29 is 14.7 Å². The Morgan fingerprint density at radius 1 is 1.53 bits per heavy atom. The highest BCUT2D eigenvalue weighted by atomic mass is 16.3. The second-order valence-electron chi connectivity index (χ2n) is 4.40. The van der Waals surface area contributed by atoms with Gasteiger partial charge in [-0.3, -0.25) is 9.59 Å². The average Bonchev–Trinajstić information content (AvgIpc) is 2.35. The van der Waals surface area contributed by atoms with Crippen LogP contribution in [-0.4, -0.2) is 35.5 Å². The van der Waals surface area contributed by atoms with Crippen LogP contribution < -0.4 is 16.8 Å². The summed E-state index contributed by atoms with van der Waals surface area (Å²) in [7, 11) is 0. The van der Waals surface area contributed by atoms with E-state index < -0.39 is 24.1 Å². The third-order valence-electron chi connectivity index (χ3n) is 2.65. The van der Waals surface area contributed by atoms with E-state index in [0.29, 0.717) is 12.1 Å². The normalized spacial score (nSPS) is 15.3. The average molecular weight is 264 g/mol. The molecule has 0 unspecified atom stereocenters. The van der Waals surface area contributed by atoms with E-state index >= 15 is 0 Å². The smallest absolute Gasteiger partial charge is 0.237 e. The molecule has 1 aromatic carbocycles. The number of aliphatic hydroxyl groups excluding tert-OH is 1. The molecule has 0 heterocycles. The van der Waals surface area contributed by atoms with E-state index in [4.69, 9.17) is 11.5 Å². The topological polar surface area (TPSA) is 118 Å². The molecule has 19 heavy (non-hydrogen) atoms. The summed E-state index contributed by atoms with van der Waals surface area (Å²) >= 11 is 0. The van der Waals surface area contributed by atoms with Crippen molar-refractivity contribution in [3.8, 4) is 0 Å². The molecule has 6 heteroatoms. The molecule has 0 spiro atoms. The minimum Gasteiger partial charge on any atom is -0.399 e.